The van der Waals surface area contributed by atoms with E-state index < -0.39 is 0 Å². The second-order valence-corrected chi connectivity index (χ2v) is 43.3. The van der Waals surface area contributed by atoms with Gasteiger partial charge in [-0.05, 0) is 495 Å². The Morgan fingerprint density at radius 2 is 0.486 bits per heavy atom. The molecule has 0 radical (unpaired) electrons. The summed E-state index contributed by atoms with van der Waals surface area (Å²) in [7, 11) is 0. The number of fused-ring (bicyclic) bond motifs is 21. The zero-order valence-electron chi connectivity index (χ0n) is 84.4. The molecule has 0 spiro atoms. The topological polar surface area (TPSA) is 0 Å². The number of rotatable bonds is 6. The summed E-state index contributed by atoms with van der Waals surface area (Å²) in [6.45, 7) is 27.3. The van der Waals surface area contributed by atoms with E-state index in [0.717, 1.165) is 19.3 Å². The van der Waals surface area contributed by atoms with Gasteiger partial charge in [0.25, 0.3) is 0 Å². The zero-order valence-corrected chi connectivity index (χ0v) is 84.4. The van der Waals surface area contributed by atoms with Crippen molar-refractivity contribution in [2.24, 2.45) is 0 Å². The lowest BCUT2D eigenvalue weighted by Crippen LogP contribution is -2.10. The Labute approximate surface area is 852 Å². The lowest BCUT2D eigenvalue weighted by atomic mass is 9.73. The molecule has 0 N–H and O–H groups in total. The van der Waals surface area contributed by atoms with Crippen molar-refractivity contribution in [3.63, 3.8) is 0 Å². The van der Waals surface area contributed by atoms with E-state index in [4.69, 9.17) is 0 Å². The van der Waals surface area contributed by atoms with Crippen LogP contribution in [0.3, 0.4) is 0 Å². The van der Waals surface area contributed by atoms with Crippen LogP contribution < -0.4 is 0 Å². The van der Waals surface area contributed by atoms with Gasteiger partial charge in [0.2, 0.25) is 0 Å². The maximum Gasteiger partial charge on any atom is 0.0294 e. The van der Waals surface area contributed by atoms with Gasteiger partial charge >= 0.3 is 0 Å². The highest BCUT2D eigenvalue weighted by Crippen LogP contribution is 2.67. The molecule has 0 amide bonds. The summed E-state index contributed by atoms with van der Waals surface area (Å²) in [5, 5.41) is 26.7. The SMILES string of the molecule is Cc1cc2c(cc1C)C(c1cc3ccccc3c3ccccc13)=C1C2=C(c2cc3ccccc3c3ccccc23)c2cc(C)c(C)cc21.Cc1cc2c(cc1C)C(c1ccc3c4c(cccc14)CC=C3)=C1C2=C(c2ccc3c4c(cccc24)C=CC3)c2cc(C)c(C)cc21.Cc1cc2c(cc1C)C(c1ccc3ccc4cccc5ccc1c3c45)=C1C2=C(C2C=C3CC=Cc4ccc5cccc2c5c43)c2cc(C)c(C)cc21. The van der Waals surface area contributed by atoms with Gasteiger partial charge in [-0.25, -0.2) is 0 Å². The van der Waals surface area contributed by atoms with E-state index in [1.165, 1.54) is 380 Å². The van der Waals surface area contributed by atoms with Crippen LogP contribution in [-0.2, 0) is 12.8 Å². The van der Waals surface area contributed by atoms with Gasteiger partial charge in [-0.15, -0.1) is 0 Å². The first kappa shape index (κ1) is 84.8. The Kier molecular flexibility index (Phi) is 18.2. The van der Waals surface area contributed by atoms with Crippen LogP contribution in [0.4, 0.5) is 0 Å². The van der Waals surface area contributed by atoms with Crippen LogP contribution in [0.2, 0.25) is 0 Å². The Morgan fingerprint density at radius 3 is 0.979 bits per heavy atom. The van der Waals surface area contributed by atoms with Crippen molar-refractivity contribution in [1.82, 2.24) is 0 Å². The summed E-state index contributed by atoms with van der Waals surface area (Å²) in [5.74, 6) is 0.150. The van der Waals surface area contributed by atoms with Gasteiger partial charge in [0.05, 0.1) is 0 Å². The number of hydrogen-bond donors (Lipinski definition) is 0. The highest BCUT2D eigenvalue weighted by Gasteiger charge is 2.46. The molecular formula is C146H104. The molecular weight excluding hydrogens is 1750 g/mol. The second kappa shape index (κ2) is 31.3. The molecule has 0 aromatic heterocycles. The first-order valence-electron chi connectivity index (χ1n) is 52.4. The molecule has 0 saturated heterocycles. The summed E-state index contributed by atoms with van der Waals surface area (Å²) < 4.78 is 0. The molecule has 0 aliphatic heterocycles. The van der Waals surface area contributed by atoms with E-state index >= 15 is 0 Å². The molecule has 1 atom stereocenters. The normalized spacial score (nSPS) is 15.3. The van der Waals surface area contributed by atoms with Crippen molar-refractivity contribution < 1.29 is 0 Å². The first-order valence-corrected chi connectivity index (χ1v) is 52.4. The van der Waals surface area contributed by atoms with Crippen LogP contribution in [0.15, 0.2) is 352 Å². The Morgan fingerprint density at radius 1 is 0.178 bits per heavy atom. The lowest BCUT2D eigenvalue weighted by molar-refractivity contribution is 1.10. The molecule has 0 fully saturated rings. The van der Waals surface area contributed by atoms with Crippen LogP contribution in [0.1, 0.15) is 213 Å². The van der Waals surface area contributed by atoms with E-state index in [0.29, 0.717) is 0 Å². The Hall–Kier alpha value is -16.9. The number of aryl methyl sites for hydroxylation is 12. The van der Waals surface area contributed by atoms with Crippen LogP contribution in [0, 0.1) is 83.1 Å². The lowest BCUT2D eigenvalue weighted by Gasteiger charge is -2.30. The van der Waals surface area contributed by atoms with Gasteiger partial charge in [-0.3, -0.25) is 0 Å². The molecule has 0 nitrogen and oxygen atoms in total. The molecule has 22 aromatic carbocycles. The molecule has 146 heavy (non-hydrogen) atoms. The molecule has 0 bridgehead atoms. The van der Waals surface area contributed by atoms with Crippen molar-refractivity contribution in [2.45, 2.75) is 108 Å². The predicted octanol–water partition coefficient (Wildman–Crippen LogP) is 38.2. The van der Waals surface area contributed by atoms with Crippen molar-refractivity contribution in [1.29, 1.82) is 0 Å². The van der Waals surface area contributed by atoms with Gasteiger partial charge in [-0.2, -0.15) is 0 Å². The maximum atomic E-state index is 2.63. The van der Waals surface area contributed by atoms with Crippen LogP contribution in [0.5, 0.6) is 0 Å². The highest BCUT2D eigenvalue weighted by molar-refractivity contribution is 6.41. The Bertz CT molecular complexity index is 9970. The second-order valence-electron chi connectivity index (χ2n) is 43.3. The van der Waals surface area contributed by atoms with Crippen molar-refractivity contribution in [3.05, 3.63) is 552 Å². The van der Waals surface area contributed by atoms with Gasteiger partial charge in [0.1, 0.15) is 0 Å². The molecule has 0 heteroatoms. The van der Waals surface area contributed by atoms with E-state index in [1.54, 1.807) is 0 Å². The van der Waals surface area contributed by atoms with Crippen molar-refractivity contribution >= 4 is 198 Å². The summed E-state index contributed by atoms with van der Waals surface area (Å²) in [5.41, 5.74) is 67.1. The summed E-state index contributed by atoms with van der Waals surface area (Å²) >= 11 is 0. The van der Waals surface area contributed by atoms with Gasteiger partial charge in [0, 0.05) is 5.92 Å². The minimum Gasteiger partial charge on any atom is -0.0795 e. The third-order valence-electron chi connectivity index (χ3n) is 35.4. The minimum absolute atomic E-state index is 0.150. The summed E-state index contributed by atoms with van der Waals surface area (Å²) in [6, 6.07) is 126. The third-order valence-corrected chi connectivity index (χ3v) is 35.4. The smallest absolute Gasteiger partial charge is 0.0294 e. The largest absolute Gasteiger partial charge is 0.0795 e. The Balaban J connectivity index is 0.000000102. The summed E-state index contributed by atoms with van der Waals surface area (Å²) in [6.07, 6.45) is 19.5. The van der Waals surface area contributed by atoms with Gasteiger partial charge in [0.15, 0.2) is 0 Å². The molecule has 1 unspecified atom stereocenters. The predicted molar refractivity (Wildman–Crippen MR) is 627 cm³/mol. The number of benzene rings is 22. The average molecular weight is 1860 g/mol. The zero-order chi connectivity index (χ0) is 97.7. The standard InChI is InChI=1S/C52H36.C48H34.C46H34/c1-27-22-40-42(24-29(27)3)52-50(44-26-36-12-6-10-32-14-16-34-11-7-13-37(44)47(34)46(32)36)41-23-28(2)30(4)25-43(41)51(52)49(40)39-21-19-35-17-15-31-8-5-9-33-18-20-38(39)48(35)45(31)33;1-27-21-39-41(23-29(27)3)47-46(44-26-32-14-6-8-16-34(32)36-18-10-12-20-38(36)44)40-22-28(2)30(4)24-42(40)48(47)45(39)43-25-31-13-5-7-15-33(31)35-17-9-11-19-37(35)43;1-25-21-37-39(23-27(25)3)45-44(36-20-18-32-12-6-10-30-14-8-16-34(36)42(30)32)38-22-26(2)28(4)24-40(38)46(45)43(37)35-19-17-31-11-5-9-29-13-7-15-33(35)41(29)31/h5-11,13-26,44H,12H2,1-4H3;5-26H,1-4H3;5-9,12-24H,10-11H2,1-4H3. The monoisotopic (exact) mass is 1860 g/mol. The third kappa shape index (κ3) is 12.0. The fourth-order valence-electron chi connectivity index (χ4n) is 27.8. The molecule has 32 rings (SSSR count). The van der Waals surface area contributed by atoms with Gasteiger partial charge in [-0.1, -0.05) is 358 Å². The van der Waals surface area contributed by atoms with Crippen LogP contribution in [-0.4, -0.2) is 0 Å². The molecule has 0 heterocycles. The molecule has 688 valence electrons. The van der Waals surface area contributed by atoms with Gasteiger partial charge < -0.3 is 0 Å². The number of hydrogen-bond acceptors (Lipinski definition) is 0. The van der Waals surface area contributed by atoms with E-state index in [9.17, 15) is 0 Å². The minimum atomic E-state index is 0.150. The van der Waals surface area contributed by atoms with E-state index in [1.807, 2.05) is 0 Å². The molecule has 0 saturated carbocycles. The van der Waals surface area contributed by atoms with Crippen molar-refractivity contribution in [2.75, 3.05) is 0 Å². The van der Waals surface area contributed by atoms with E-state index in [2.05, 4.69) is 453 Å². The number of allylic oxidation sites excluding steroid dienone is 12. The average Bonchev–Trinajstić information content (AvgIpc) is 1.52. The van der Waals surface area contributed by atoms with E-state index in [-0.39, 0.29) is 5.92 Å². The highest BCUT2D eigenvalue weighted by atomic mass is 14.5. The van der Waals surface area contributed by atoms with Crippen LogP contribution in [0.25, 0.3) is 198 Å². The van der Waals surface area contributed by atoms with Crippen LogP contribution >= 0.6 is 0 Å². The maximum absolute atomic E-state index is 2.63. The van der Waals surface area contributed by atoms with Crippen molar-refractivity contribution in [3.8, 4) is 0 Å². The molecule has 10 aliphatic rings. The molecule has 10 aliphatic carbocycles. The first-order chi connectivity index (χ1) is 71.4. The molecule has 22 aromatic rings. The quantitative estimate of drug-likeness (QED) is 0.146. The summed E-state index contributed by atoms with van der Waals surface area (Å²) in [4.78, 5) is 0. The fraction of sp³-hybridized carbons (Fsp3) is 0.110. The fourth-order valence-corrected chi connectivity index (χ4v) is 27.8.